The molecule has 0 bridgehead atoms. The van der Waals surface area contributed by atoms with Crippen LogP contribution < -0.4 is 19.8 Å². The summed E-state index contributed by atoms with van der Waals surface area (Å²) in [5, 5.41) is 7.81. The van der Waals surface area contributed by atoms with E-state index in [1.807, 2.05) is 6.07 Å². The standard InChI is InChI=1S/C27H32BrCl3N8O2S/c1-36-9-11-38(12-10-36)18-5-7-39(8-6-18)25-15-20(30)22(14-21(25)31)34-27-32-16-19(28)26(35-27)33-23-13-17(29)3-4-24(23)37(2)42(40)41/h3-4,13-16,18H,5-12H2,1-2H3,(H,40,41)(H2,32,33,34,35)/p-1. The fraction of sp³-hybridized carbons (Fsp3) is 0.407. The fourth-order valence-corrected chi connectivity index (χ4v) is 6.53. The van der Waals surface area contributed by atoms with Gasteiger partial charge < -0.3 is 29.3 Å². The first-order valence-electron chi connectivity index (χ1n) is 13.4. The second-order valence-electron chi connectivity index (χ2n) is 10.4. The maximum atomic E-state index is 11.6. The number of nitrogens with one attached hydrogen (secondary N) is 2. The zero-order valence-electron chi connectivity index (χ0n) is 23.1. The van der Waals surface area contributed by atoms with Crippen LogP contribution in [0.5, 0.6) is 0 Å². The van der Waals surface area contributed by atoms with Gasteiger partial charge in [0.25, 0.3) is 0 Å². The van der Waals surface area contributed by atoms with Crippen molar-refractivity contribution in [3.63, 3.8) is 0 Å². The molecule has 2 aliphatic heterocycles. The third-order valence-electron chi connectivity index (χ3n) is 7.66. The molecule has 2 saturated heterocycles. The van der Waals surface area contributed by atoms with E-state index in [4.69, 9.17) is 34.8 Å². The summed E-state index contributed by atoms with van der Waals surface area (Å²) in [4.78, 5) is 16.2. The van der Waals surface area contributed by atoms with Crippen molar-refractivity contribution in [3.05, 3.63) is 56.1 Å². The fourth-order valence-electron chi connectivity index (χ4n) is 5.26. The summed E-state index contributed by atoms with van der Waals surface area (Å²) in [6, 6.07) is 9.11. The van der Waals surface area contributed by atoms with Gasteiger partial charge in [0.05, 0.1) is 37.3 Å². The summed E-state index contributed by atoms with van der Waals surface area (Å²) in [6.45, 7) is 6.34. The normalized spacial score (nSPS) is 17.7. The van der Waals surface area contributed by atoms with Gasteiger partial charge in [0.2, 0.25) is 5.95 Å². The minimum atomic E-state index is -2.48. The van der Waals surface area contributed by atoms with Crippen molar-refractivity contribution in [2.24, 2.45) is 0 Å². The van der Waals surface area contributed by atoms with Gasteiger partial charge in [-0.05, 0) is 66.2 Å². The first-order chi connectivity index (χ1) is 20.1. The molecule has 3 heterocycles. The van der Waals surface area contributed by atoms with E-state index in [1.165, 1.54) is 7.05 Å². The quantitative estimate of drug-likeness (QED) is 0.267. The second kappa shape index (κ2) is 13.8. The number of benzene rings is 2. The Morgan fingerprint density at radius 3 is 2.40 bits per heavy atom. The first kappa shape index (κ1) is 31.5. The van der Waals surface area contributed by atoms with Crippen molar-refractivity contribution in [1.82, 2.24) is 19.8 Å². The number of piperazine rings is 1. The molecule has 1 unspecified atom stereocenters. The van der Waals surface area contributed by atoms with E-state index in [2.05, 4.69) is 58.3 Å². The highest BCUT2D eigenvalue weighted by Gasteiger charge is 2.28. The van der Waals surface area contributed by atoms with Gasteiger partial charge in [0, 0.05) is 74.8 Å². The molecule has 2 N–H and O–H groups in total. The van der Waals surface area contributed by atoms with E-state index >= 15 is 0 Å². The van der Waals surface area contributed by atoms with Crippen molar-refractivity contribution in [2.45, 2.75) is 18.9 Å². The number of aromatic nitrogens is 2. The predicted octanol–water partition coefficient (Wildman–Crippen LogP) is 6.13. The number of nitrogens with zero attached hydrogens (tertiary/aromatic N) is 6. The molecule has 0 radical (unpaired) electrons. The molecular weight excluding hydrogens is 687 g/mol. The van der Waals surface area contributed by atoms with Crippen LogP contribution >= 0.6 is 50.7 Å². The van der Waals surface area contributed by atoms with Crippen molar-refractivity contribution in [1.29, 1.82) is 0 Å². The van der Waals surface area contributed by atoms with Gasteiger partial charge in [-0.15, -0.1) is 0 Å². The van der Waals surface area contributed by atoms with E-state index in [1.54, 1.807) is 30.5 Å². The summed E-state index contributed by atoms with van der Waals surface area (Å²) < 4.78 is 24.8. The SMILES string of the molecule is CN1CCN(C2CCN(c3cc(Cl)c(Nc4ncc(Br)c(Nc5cc(Cl)ccc5N(C)S(=O)[O-])n4)cc3Cl)CC2)CC1. The summed E-state index contributed by atoms with van der Waals surface area (Å²) in [7, 11) is 3.62. The number of halogens is 4. The Bertz CT molecular complexity index is 1460. The van der Waals surface area contributed by atoms with Gasteiger partial charge in [-0.3, -0.25) is 9.11 Å². The first-order valence-corrected chi connectivity index (χ1v) is 16.4. The Hall–Kier alpha value is -1.90. The zero-order valence-corrected chi connectivity index (χ0v) is 27.8. The third-order valence-corrected chi connectivity index (χ3v) is 9.74. The molecule has 15 heteroatoms. The summed E-state index contributed by atoms with van der Waals surface area (Å²) in [5.74, 6) is 0.659. The highest BCUT2D eigenvalue weighted by Crippen LogP contribution is 2.38. The number of likely N-dealkylation sites (N-methyl/N-ethyl adjacent to an activating group) is 1. The number of anilines is 6. The van der Waals surface area contributed by atoms with Gasteiger partial charge in [0.15, 0.2) is 0 Å². The minimum absolute atomic E-state index is 0.267. The topological polar surface area (TPSA) is 103 Å². The average molecular weight is 718 g/mol. The van der Waals surface area contributed by atoms with Crippen LogP contribution in [0.25, 0.3) is 0 Å². The van der Waals surface area contributed by atoms with Gasteiger partial charge in [-0.1, -0.05) is 34.8 Å². The van der Waals surface area contributed by atoms with Crippen LogP contribution in [0.3, 0.4) is 0 Å². The van der Waals surface area contributed by atoms with Gasteiger partial charge in [0.1, 0.15) is 5.82 Å². The summed E-state index contributed by atoms with van der Waals surface area (Å²) >= 11 is 20.7. The molecule has 0 aliphatic carbocycles. The van der Waals surface area contributed by atoms with Crippen LogP contribution in [0.15, 0.2) is 41.0 Å². The largest absolute Gasteiger partial charge is 0.755 e. The molecule has 5 rings (SSSR count). The van der Waals surface area contributed by atoms with Gasteiger partial charge in [-0.25, -0.2) is 4.98 Å². The molecule has 3 aromatic rings. The second-order valence-corrected chi connectivity index (χ2v) is 13.4. The minimum Gasteiger partial charge on any atom is -0.755 e. The van der Waals surface area contributed by atoms with E-state index in [0.717, 1.165) is 62.1 Å². The molecule has 2 fully saturated rings. The molecule has 42 heavy (non-hydrogen) atoms. The average Bonchev–Trinajstić information content (AvgIpc) is 2.97. The smallest absolute Gasteiger partial charge is 0.229 e. The number of hydrogen-bond donors (Lipinski definition) is 2. The maximum Gasteiger partial charge on any atom is 0.229 e. The van der Waals surface area contributed by atoms with E-state index in [9.17, 15) is 8.76 Å². The third kappa shape index (κ3) is 7.41. The van der Waals surface area contributed by atoms with E-state index in [0.29, 0.717) is 48.5 Å². The molecular formula is C27H31BrCl3N8O2S-. The number of hydrogen-bond acceptors (Lipinski definition) is 9. The van der Waals surface area contributed by atoms with Crippen LogP contribution in [0.1, 0.15) is 12.8 Å². The molecule has 1 atom stereocenters. The lowest BCUT2D eigenvalue weighted by atomic mass is 10.0. The Balaban J connectivity index is 1.29. The Labute approximate surface area is 271 Å². The molecule has 10 nitrogen and oxygen atoms in total. The lowest BCUT2D eigenvalue weighted by Crippen LogP contribution is -2.52. The van der Waals surface area contributed by atoms with Crippen LogP contribution in [-0.4, -0.2) is 87.9 Å². The zero-order chi connectivity index (χ0) is 30.0. The maximum absolute atomic E-state index is 11.6. The molecule has 0 amide bonds. The highest BCUT2D eigenvalue weighted by atomic mass is 79.9. The van der Waals surface area contributed by atoms with Crippen molar-refractivity contribution in [2.75, 3.05) is 73.2 Å². The number of rotatable bonds is 8. The van der Waals surface area contributed by atoms with Gasteiger partial charge >= 0.3 is 0 Å². The molecule has 226 valence electrons. The van der Waals surface area contributed by atoms with E-state index in [-0.39, 0.29) is 5.95 Å². The molecule has 2 aromatic carbocycles. The van der Waals surface area contributed by atoms with Crippen molar-refractivity contribution < 1.29 is 8.76 Å². The van der Waals surface area contributed by atoms with Crippen LogP contribution in [0, 0.1) is 0 Å². The molecule has 0 saturated carbocycles. The Kier molecular flexibility index (Phi) is 10.4. The van der Waals surface area contributed by atoms with Crippen molar-refractivity contribution in [3.8, 4) is 0 Å². The highest BCUT2D eigenvalue weighted by molar-refractivity contribution is 9.10. The molecule has 2 aliphatic rings. The van der Waals surface area contributed by atoms with Crippen molar-refractivity contribution >= 4 is 96.5 Å². The predicted molar refractivity (Wildman–Crippen MR) is 176 cm³/mol. The van der Waals surface area contributed by atoms with Gasteiger partial charge in [-0.2, -0.15) is 4.98 Å². The number of piperidine rings is 1. The van der Waals surface area contributed by atoms with Crippen LogP contribution in [0.2, 0.25) is 15.1 Å². The monoisotopic (exact) mass is 715 g/mol. The molecule has 0 spiro atoms. The summed E-state index contributed by atoms with van der Waals surface area (Å²) in [5.41, 5.74) is 2.32. The lowest BCUT2D eigenvalue weighted by Gasteiger charge is -2.42. The lowest BCUT2D eigenvalue weighted by molar-refractivity contribution is 0.0982. The Morgan fingerprint density at radius 2 is 1.71 bits per heavy atom. The Morgan fingerprint density at radius 1 is 1.00 bits per heavy atom. The van der Waals surface area contributed by atoms with Crippen LogP contribution in [-0.2, 0) is 11.3 Å². The van der Waals surface area contributed by atoms with Crippen LogP contribution in [0.4, 0.5) is 34.5 Å². The van der Waals surface area contributed by atoms with E-state index < -0.39 is 11.3 Å². The molecule has 1 aromatic heterocycles. The summed E-state index contributed by atoms with van der Waals surface area (Å²) in [6.07, 6.45) is 3.76.